The van der Waals surface area contributed by atoms with Crippen LogP contribution in [0.1, 0.15) is 16.7 Å². The van der Waals surface area contributed by atoms with Crippen LogP contribution in [-0.2, 0) is 11.3 Å². The summed E-state index contributed by atoms with van der Waals surface area (Å²) in [5.41, 5.74) is 3.28. The summed E-state index contributed by atoms with van der Waals surface area (Å²) in [6, 6.07) is 24.9. The first-order valence-electron chi connectivity index (χ1n) is 9.02. The predicted molar refractivity (Wildman–Crippen MR) is 112 cm³/mol. The van der Waals surface area contributed by atoms with Crippen molar-refractivity contribution in [3.05, 3.63) is 95.6 Å². The van der Waals surface area contributed by atoms with Crippen molar-refractivity contribution in [2.24, 2.45) is 0 Å². The summed E-state index contributed by atoms with van der Waals surface area (Å²) in [6.07, 6.45) is 1.86. The summed E-state index contributed by atoms with van der Waals surface area (Å²) in [7, 11) is 3.25. The van der Waals surface area contributed by atoms with Crippen LogP contribution in [0.4, 0.5) is 0 Å². The standard InChI is InChI=1S/C24H23NO3/c1-27-21-14-12-18(13-15-21)17-25-24(26)22(19-8-4-3-5-9-19)16-20-10-6-7-11-23(20)28-2/h3-16H,17H2,1-2H3,(H,25,26). The lowest BCUT2D eigenvalue weighted by Crippen LogP contribution is -2.23. The van der Waals surface area contributed by atoms with Gasteiger partial charge in [0.15, 0.2) is 0 Å². The molecule has 0 atom stereocenters. The van der Waals surface area contributed by atoms with Crippen molar-refractivity contribution in [1.29, 1.82) is 0 Å². The molecule has 0 bridgehead atoms. The molecule has 0 aromatic heterocycles. The van der Waals surface area contributed by atoms with Gasteiger partial charge in [-0.3, -0.25) is 4.79 Å². The first-order chi connectivity index (χ1) is 13.7. The molecule has 4 nitrogen and oxygen atoms in total. The Bertz CT molecular complexity index is 947. The highest BCUT2D eigenvalue weighted by Crippen LogP contribution is 2.25. The molecule has 142 valence electrons. The zero-order valence-corrected chi connectivity index (χ0v) is 16.0. The summed E-state index contributed by atoms with van der Waals surface area (Å²) >= 11 is 0. The van der Waals surface area contributed by atoms with Gasteiger partial charge >= 0.3 is 0 Å². The Morgan fingerprint density at radius 2 is 1.54 bits per heavy atom. The molecular formula is C24H23NO3. The molecule has 3 aromatic rings. The normalized spacial score (nSPS) is 11.0. The van der Waals surface area contributed by atoms with Crippen LogP contribution in [0.3, 0.4) is 0 Å². The summed E-state index contributed by atoms with van der Waals surface area (Å²) in [4.78, 5) is 13.0. The monoisotopic (exact) mass is 373 g/mol. The number of hydrogen-bond acceptors (Lipinski definition) is 3. The molecule has 0 radical (unpaired) electrons. The van der Waals surface area contributed by atoms with Crippen molar-refractivity contribution < 1.29 is 14.3 Å². The Balaban J connectivity index is 1.86. The van der Waals surface area contributed by atoms with Gasteiger partial charge in [-0.15, -0.1) is 0 Å². The van der Waals surface area contributed by atoms with E-state index in [0.29, 0.717) is 12.1 Å². The summed E-state index contributed by atoms with van der Waals surface area (Å²) in [5, 5.41) is 3.00. The molecule has 0 spiro atoms. The van der Waals surface area contributed by atoms with Crippen LogP contribution in [0, 0.1) is 0 Å². The fraction of sp³-hybridized carbons (Fsp3) is 0.125. The molecule has 4 heteroatoms. The Labute approximate surface area is 165 Å². The van der Waals surface area contributed by atoms with E-state index in [4.69, 9.17) is 9.47 Å². The maximum Gasteiger partial charge on any atom is 0.252 e. The van der Waals surface area contributed by atoms with E-state index < -0.39 is 0 Å². The molecule has 1 N–H and O–H groups in total. The first-order valence-corrected chi connectivity index (χ1v) is 9.02. The van der Waals surface area contributed by atoms with Crippen LogP contribution in [0.15, 0.2) is 78.9 Å². The van der Waals surface area contributed by atoms with Gasteiger partial charge in [0.1, 0.15) is 11.5 Å². The molecule has 0 heterocycles. The second-order valence-electron chi connectivity index (χ2n) is 6.20. The zero-order valence-electron chi connectivity index (χ0n) is 16.0. The molecule has 1 amide bonds. The lowest BCUT2D eigenvalue weighted by atomic mass is 10.0. The van der Waals surface area contributed by atoms with Crippen molar-refractivity contribution in [3.8, 4) is 11.5 Å². The van der Waals surface area contributed by atoms with Gasteiger partial charge in [-0.25, -0.2) is 0 Å². The van der Waals surface area contributed by atoms with Crippen LogP contribution in [0.25, 0.3) is 11.6 Å². The average molecular weight is 373 g/mol. The predicted octanol–water partition coefficient (Wildman–Crippen LogP) is 4.56. The smallest absolute Gasteiger partial charge is 0.252 e. The highest BCUT2D eigenvalue weighted by Gasteiger charge is 2.13. The van der Waals surface area contributed by atoms with E-state index >= 15 is 0 Å². The first kappa shape index (κ1) is 19.2. The number of benzene rings is 3. The minimum Gasteiger partial charge on any atom is -0.497 e. The van der Waals surface area contributed by atoms with Crippen molar-refractivity contribution >= 4 is 17.6 Å². The maximum atomic E-state index is 13.0. The van der Waals surface area contributed by atoms with E-state index in [1.54, 1.807) is 14.2 Å². The lowest BCUT2D eigenvalue weighted by molar-refractivity contribution is -0.115. The van der Waals surface area contributed by atoms with E-state index in [-0.39, 0.29) is 5.91 Å². The van der Waals surface area contributed by atoms with Crippen molar-refractivity contribution in [3.63, 3.8) is 0 Å². The van der Waals surface area contributed by atoms with Gasteiger partial charge in [-0.1, -0.05) is 60.7 Å². The minimum atomic E-state index is -0.145. The highest BCUT2D eigenvalue weighted by molar-refractivity contribution is 6.24. The minimum absolute atomic E-state index is 0.145. The second kappa shape index (κ2) is 9.42. The van der Waals surface area contributed by atoms with Gasteiger partial charge in [0, 0.05) is 17.7 Å². The molecule has 0 aliphatic heterocycles. The average Bonchev–Trinajstić information content (AvgIpc) is 2.77. The number of amides is 1. The van der Waals surface area contributed by atoms with E-state index in [1.807, 2.05) is 84.9 Å². The van der Waals surface area contributed by atoms with E-state index in [0.717, 1.165) is 28.2 Å². The highest BCUT2D eigenvalue weighted by atomic mass is 16.5. The number of carbonyl (C=O) groups is 1. The largest absolute Gasteiger partial charge is 0.497 e. The lowest BCUT2D eigenvalue weighted by Gasteiger charge is -2.11. The zero-order chi connectivity index (χ0) is 19.8. The van der Waals surface area contributed by atoms with Gasteiger partial charge in [0.25, 0.3) is 5.91 Å². The van der Waals surface area contributed by atoms with Crippen LogP contribution >= 0.6 is 0 Å². The van der Waals surface area contributed by atoms with Crippen LogP contribution in [0.2, 0.25) is 0 Å². The van der Waals surface area contributed by atoms with Gasteiger partial charge in [0.2, 0.25) is 0 Å². The molecule has 0 aliphatic rings. The second-order valence-corrected chi connectivity index (χ2v) is 6.20. The van der Waals surface area contributed by atoms with Gasteiger partial charge in [0.05, 0.1) is 14.2 Å². The number of rotatable bonds is 7. The Hall–Kier alpha value is -3.53. The van der Waals surface area contributed by atoms with Gasteiger partial charge in [-0.2, -0.15) is 0 Å². The van der Waals surface area contributed by atoms with Crippen molar-refractivity contribution in [2.75, 3.05) is 14.2 Å². The third-order valence-corrected chi connectivity index (χ3v) is 4.38. The molecule has 0 fully saturated rings. The fourth-order valence-electron chi connectivity index (χ4n) is 2.86. The van der Waals surface area contributed by atoms with Crippen LogP contribution in [0.5, 0.6) is 11.5 Å². The molecular weight excluding hydrogens is 350 g/mol. The number of methoxy groups -OCH3 is 2. The van der Waals surface area contributed by atoms with Gasteiger partial charge in [-0.05, 0) is 35.4 Å². The number of para-hydroxylation sites is 1. The molecule has 28 heavy (non-hydrogen) atoms. The van der Waals surface area contributed by atoms with Crippen molar-refractivity contribution in [2.45, 2.75) is 6.54 Å². The Morgan fingerprint density at radius 1 is 0.857 bits per heavy atom. The van der Waals surface area contributed by atoms with Crippen molar-refractivity contribution in [1.82, 2.24) is 5.32 Å². The summed E-state index contributed by atoms with van der Waals surface area (Å²) < 4.78 is 10.6. The Kier molecular flexibility index (Phi) is 6.47. The summed E-state index contributed by atoms with van der Waals surface area (Å²) in [5.74, 6) is 1.36. The number of ether oxygens (including phenoxy) is 2. The Morgan fingerprint density at radius 3 is 2.21 bits per heavy atom. The molecule has 0 aliphatic carbocycles. The van der Waals surface area contributed by atoms with E-state index in [1.165, 1.54) is 0 Å². The molecule has 0 saturated carbocycles. The van der Waals surface area contributed by atoms with Crippen LogP contribution in [-0.4, -0.2) is 20.1 Å². The number of hydrogen-bond donors (Lipinski definition) is 1. The summed E-state index contributed by atoms with van der Waals surface area (Å²) in [6.45, 7) is 0.429. The SMILES string of the molecule is COc1ccc(CNC(=O)C(=Cc2ccccc2OC)c2ccccc2)cc1. The third-order valence-electron chi connectivity index (χ3n) is 4.38. The van der Waals surface area contributed by atoms with E-state index in [9.17, 15) is 4.79 Å². The number of nitrogens with one attached hydrogen (secondary N) is 1. The molecule has 0 unspecified atom stereocenters. The van der Waals surface area contributed by atoms with E-state index in [2.05, 4.69) is 5.32 Å². The van der Waals surface area contributed by atoms with Crippen LogP contribution < -0.4 is 14.8 Å². The maximum absolute atomic E-state index is 13.0. The fourth-order valence-corrected chi connectivity index (χ4v) is 2.86. The quantitative estimate of drug-likeness (QED) is 0.488. The molecule has 3 rings (SSSR count). The molecule has 3 aromatic carbocycles. The number of carbonyl (C=O) groups excluding carboxylic acids is 1. The third kappa shape index (κ3) is 4.80. The molecule has 0 saturated heterocycles. The van der Waals surface area contributed by atoms with Gasteiger partial charge < -0.3 is 14.8 Å². The topological polar surface area (TPSA) is 47.6 Å².